The van der Waals surface area contributed by atoms with Crippen LogP contribution in [0.3, 0.4) is 0 Å². The Bertz CT molecular complexity index is 1150. The molecule has 0 spiro atoms. The molecule has 1 amide bonds. The Morgan fingerprint density at radius 2 is 1.67 bits per heavy atom. The zero-order valence-electron chi connectivity index (χ0n) is 17.5. The fourth-order valence-electron chi connectivity index (χ4n) is 3.05. The van der Waals surface area contributed by atoms with Gasteiger partial charge in [-0.1, -0.05) is 18.2 Å². The first kappa shape index (κ1) is 24.2. The van der Waals surface area contributed by atoms with Gasteiger partial charge in [-0.25, -0.2) is 8.42 Å². The van der Waals surface area contributed by atoms with Crippen molar-refractivity contribution in [2.45, 2.75) is 17.6 Å². The first-order valence-corrected chi connectivity index (χ1v) is 11.1. The van der Waals surface area contributed by atoms with E-state index in [1.54, 1.807) is 6.07 Å². The molecule has 0 atom stereocenters. The highest BCUT2D eigenvalue weighted by molar-refractivity contribution is 7.92. The Balaban J connectivity index is 1.97. The molecule has 33 heavy (non-hydrogen) atoms. The summed E-state index contributed by atoms with van der Waals surface area (Å²) in [6, 6.07) is 16.0. The van der Waals surface area contributed by atoms with Crippen LogP contribution in [0.2, 0.25) is 0 Å². The zero-order chi connectivity index (χ0) is 24.1. The van der Waals surface area contributed by atoms with Crippen LogP contribution < -0.4 is 9.04 Å². The van der Waals surface area contributed by atoms with Gasteiger partial charge >= 0.3 is 6.18 Å². The largest absolute Gasteiger partial charge is 0.497 e. The number of hydrogen-bond acceptors (Lipinski definition) is 5. The third-order valence-electron chi connectivity index (χ3n) is 4.62. The van der Waals surface area contributed by atoms with Gasteiger partial charge in [0.2, 0.25) is 5.91 Å². The van der Waals surface area contributed by atoms with Crippen molar-refractivity contribution in [3.8, 4) is 5.75 Å². The van der Waals surface area contributed by atoms with E-state index in [0.29, 0.717) is 10.6 Å². The number of methoxy groups -OCH3 is 1. The topological polar surface area (TPSA) is 80.1 Å². The average molecular weight is 482 g/mol. The molecular weight excluding hydrogens is 461 g/mol. The Kier molecular flexibility index (Phi) is 7.32. The van der Waals surface area contributed by atoms with Gasteiger partial charge < -0.3 is 14.1 Å². The smallest absolute Gasteiger partial charge is 0.406 e. The van der Waals surface area contributed by atoms with E-state index < -0.39 is 41.7 Å². The van der Waals surface area contributed by atoms with Crippen LogP contribution in [0, 0.1) is 0 Å². The summed E-state index contributed by atoms with van der Waals surface area (Å²) in [4.78, 5) is 13.4. The van der Waals surface area contributed by atoms with Gasteiger partial charge in [-0.15, -0.1) is 0 Å². The monoisotopic (exact) mass is 482 g/mol. The quantitative estimate of drug-likeness (QED) is 0.459. The Morgan fingerprint density at radius 1 is 1.00 bits per heavy atom. The van der Waals surface area contributed by atoms with E-state index in [-0.39, 0.29) is 16.3 Å². The lowest BCUT2D eigenvalue weighted by atomic mass is 10.3. The van der Waals surface area contributed by atoms with Crippen LogP contribution in [0.5, 0.6) is 5.75 Å². The normalized spacial score (nSPS) is 11.8. The molecule has 2 aromatic carbocycles. The Labute approximate surface area is 189 Å². The molecule has 0 bridgehead atoms. The lowest BCUT2D eigenvalue weighted by molar-refractivity contribution is -0.161. The van der Waals surface area contributed by atoms with E-state index >= 15 is 0 Å². The van der Waals surface area contributed by atoms with Crippen molar-refractivity contribution in [2.24, 2.45) is 0 Å². The number of benzene rings is 2. The summed E-state index contributed by atoms with van der Waals surface area (Å²) < 4.78 is 77.1. The van der Waals surface area contributed by atoms with Crippen LogP contribution in [-0.2, 0) is 21.4 Å². The maximum Gasteiger partial charge on any atom is 0.406 e. The van der Waals surface area contributed by atoms with E-state index in [9.17, 15) is 26.4 Å². The van der Waals surface area contributed by atoms with Crippen LogP contribution in [0.4, 0.5) is 18.9 Å². The molecule has 0 unspecified atom stereocenters. The van der Waals surface area contributed by atoms with Crippen LogP contribution in [-0.4, -0.2) is 45.6 Å². The molecule has 0 fully saturated rings. The molecule has 0 saturated carbocycles. The van der Waals surface area contributed by atoms with E-state index in [2.05, 4.69) is 0 Å². The van der Waals surface area contributed by atoms with Gasteiger partial charge in [0.05, 0.1) is 30.5 Å². The molecule has 3 aromatic rings. The zero-order valence-corrected chi connectivity index (χ0v) is 18.3. The number of sulfonamides is 1. The minimum absolute atomic E-state index is 0.0953. The van der Waals surface area contributed by atoms with Crippen LogP contribution in [0.1, 0.15) is 5.76 Å². The second kappa shape index (κ2) is 9.99. The molecule has 176 valence electrons. The second-order valence-corrected chi connectivity index (χ2v) is 8.83. The van der Waals surface area contributed by atoms with Crippen molar-refractivity contribution in [1.82, 2.24) is 4.90 Å². The maximum atomic E-state index is 13.3. The molecule has 1 aromatic heterocycles. The predicted octanol–water partition coefficient (Wildman–Crippen LogP) is 4.07. The van der Waals surface area contributed by atoms with E-state index in [4.69, 9.17) is 9.15 Å². The molecular formula is C22H21F3N2O5S. The first-order valence-electron chi connectivity index (χ1n) is 9.69. The number of carbonyl (C=O) groups excluding carboxylic acids is 1. The molecule has 0 saturated heterocycles. The molecule has 0 aliphatic carbocycles. The third kappa shape index (κ3) is 6.28. The minimum Gasteiger partial charge on any atom is -0.497 e. The maximum absolute atomic E-state index is 13.3. The average Bonchev–Trinajstić information content (AvgIpc) is 3.30. The van der Waals surface area contributed by atoms with Gasteiger partial charge in [0, 0.05) is 0 Å². The van der Waals surface area contributed by atoms with Gasteiger partial charge in [0.25, 0.3) is 10.0 Å². The molecule has 11 heteroatoms. The van der Waals surface area contributed by atoms with E-state index in [1.165, 1.54) is 74.0 Å². The molecule has 7 nitrogen and oxygen atoms in total. The highest BCUT2D eigenvalue weighted by atomic mass is 32.2. The van der Waals surface area contributed by atoms with Crippen molar-refractivity contribution < 1.29 is 35.5 Å². The third-order valence-corrected chi connectivity index (χ3v) is 6.41. The number of hydrogen-bond donors (Lipinski definition) is 0. The number of amides is 1. The molecule has 0 radical (unpaired) electrons. The van der Waals surface area contributed by atoms with Crippen molar-refractivity contribution in [1.29, 1.82) is 0 Å². The Morgan fingerprint density at radius 3 is 2.21 bits per heavy atom. The highest BCUT2D eigenvalue weighted by Gasteiger charge is 2.35. The fourth-order valence-corrected chi connectivity index (χ4v) is 4.48. The van der Waals surface area contributed by atoms with Gasteiger partial charge in [-0.2, -0.15) is 13.2 Å². The molecule has 0 N–H and O–H groups in total. The lowest BCUT2D eigenvalue weighted by Gasteiger charge is -2.28. The van der Waals surface area contributed by atoms with Gasteiger partial charge in [0.15, 0.2) is 0 Å². The molecule has 0 aliphatic rings. The number of ether oxygens (including phenoxy) is 1. The number of alkyl halides is 3. The van der Waals surface area contributed by atoms with Crippen molar-refractivity contribution in [3.05, 3.63) is 78.8 Å². The summed E-state index contributed by atoms with van der Waals surface area (Å²) in [6.45, 7) is -2.87. The van der Waals surface area contributed by atoms with E-state index in [0.717, 1.165) is 4.31 Å². The van der Waals surface area contributed by atoms with Gasteiger partial charge in [-0.05, 0) is 48.5 Å². The number of carbonyl (C=O) groups is 1. The highest BCUT2D eigenvalue weighted by Crippen LogP contribution is 2.27. The van der Waals surface area contributed by atoms with Crippen molar-refractivity contribution in [3.63, 3.8) is 0 Å². The molecule has 1 heterocycles. The first-order chi connectivity index (χ1) is 15.6. The van der Waals surface area contributed by atoms with Gasteiger partial charge in [-0.3, -0.25) is 9.10 Å². The second-order valence-electron chi connectivity index (χ2n) is 6.97. The number of anilines is 1. The van der Waals surface area contributed by atoms with Crippen LogP contribution >= 0.6 is 0 Å². The number of furan rings is 1. The molecule has 3 rings (SSSR count). The van der Waals surface area contributed by atoms with E-state index in [1.807, 2.05) is 0 Å². The lowest BCUT2D eigenvalue weighted by Crippen LogP contribution is -2.45. The number of nitrogens with zero attached hydrogens (tertiary/aromatic N) is 2. The number of rotatable bonds is 9. The van der Waals surface area contributed by atoms with Crippen molar-refractivity contribution >= 4 is 21.6 Å². The van der Waals surface area contributed by atoms with Crippen LogP contribution in [0.25, 0.3) is 0 Å². The number of halogens is 3. The standard InChI is InChI=1S/C22H21F3N2O5S/c1-31-18-11-9-17(10-12-18)27(33(29,30)20-7-3-2-4-8-20)15-21(28)26(16-22(23,24)25)14-19-6-5-13-32-19/h2-13H,14-16H2,1H3. The summed E-state index contributed by atoms with van der Waals surface area (Å²) >= 11 is 0. The predicted molar refractivity (Wildman–Crippen MR) is 114 cm³/mol. The fraction of sp³-hybridized carbons (Fsp3) is 0.227. The summed E-state index contributed by atoms with van der Waals surface area (Å²) in [5, 5.41) is 0. The summed E-state index contributed by atoms with van der Waals surface area (Å²) in [7, 11) is -2.84. The van der Waals surface area contributed by atoms with Crippen molar-refractivity contribution in [2.75, 3.05) is 24.5 Å². The van der Waals surface area contributed by atoms with Crippen LogP contribution in [0.15, 0.2) is 82.3 Å². The summed E-state index contributed by atoms with van der Waals surface area (Å²) in [5.74, 6) is -0.466. The minimum atomic E-state index is -4.69. The summed E-state index contributed by atoms with van der Waals surface area (Å²) in [6.07, 6.45) is -3.42. The Hall–Kier alpha value is -3.47. The molecule has 0 aliphatic heterocycles. The van der Waals surface area contributed by atoms with Gasteiger partial charge in [0.1, 0.15) is 24.6 Å². The SMILES string of the molecule is COc1ccc(N(CC(=O)N(Cc2ccco2)CC(F)(F)F)S(=O)(=O)c2ccccc2)cc1. The summed E-state index contributed by atoms with van der Waals surface area (Å²) in [5.41, 5.74) is 0.0953.